The third-order valence-electron chi connectivity index (χ3n) is 1.85. The fourth-order valence-corrected chi connectivity index (χ4v) is 1.29. The van der Waals surface area contributed by atoms with Crippen LogP contribution in [0.2, 0.25) is 0 Å². The highest BCUT2D eigenvalue weighted by Crippen LogP contribution is 2.07. The van der Waals surface area contributed by atoms with Crippen LogP contribution in [0.4, 0.5) is 5.82 Å². The molecule has 0 amide bonds. The van der Waals surface area contributed by atoms with Crippen LogP contribution in [0.3, 0.4) is 0 Å². The van der Waals surface area contributed by atoms with E-state index in [2.05, 4.69) is 10.3 Å². The molecule has 0 saturated carbocycles. The smallest absolute Gasteiger partial charge is 0.329 e. The molecule has 0 aliphatic rings. The van der Waals surface area contributed by atoms with Crippen molar-refractivity contribution < 1.29 is 0 Å². The zero-order chi connectivity index (χ0) is 11.6. The fourth-order valence-electron chi connectivity index (χ4n) is 1.29. The van der Waals surface area contributed by atoms with E-state index in [-0.39, 0.29) is 16.8 Å². The van der Waals surface area contributed by atoms with Gasteiger partial charge in [-0.1, -0.05) is 0 Å². The maximum atomic E-state index is 11.5. The predicted octanol–water partition coefficient (Wildman–Crippen LogP) is 0.767. The summed E-state index contributed by atoms with van der Waals surface area (Å²) in [5, 5.41) is 3.05. The molecule has 2 N–H and O–H groups in total. The summed E-state index contributed by atoms with van der Waals surface area (Å²) in [5.74, 6) is 0.460. The molecule has 1 heterocycles. The molecule has 0 aliphatic heterocycles. The van der Waals surface area contributed by atoms with E-state index >= 15 is 0 Å². The third kappa shape index (κ3) is 2.97. The van der Waals surface area contributed by atoms with Crippen molar-refractivity contribution in [1.29, 1.82) is 0 Å². The van der Waals surface area contributed by atoms with Gasteiger partial charge < -0.3 is 5.32 Å². The van der Waals surface area contributed by atoms with Gasteiger partial charge in [-0.05, 0) is 27.7 Å². The molecule has 0 bridgehead atoms. The quantitative estimate of drug-likeness (QED) is 0.759. The van der Waals surface area contributed by atoms with Crippen molar-refractivity contribution in [2.24, 2.45) is 0 Å². The molecule has 5 nitrogen and oxygen atoms in total. The molecule has 84 valence electrons. The number of hydrogen-bond donors (Lipinski definition) is 2. The van der Waals surface area contributed by atoms with Gasteiger partial charge in [-0.3, -0.25) is 14.3 Å². The van der Waals surface area contributed by atoms with Crippen molar-refractivity contribution in [2.45, 2.75) is 39.8 Å². The van der Waals surface area contributed by atoms with Crippen LogP contribution in [-0.4, -0.2) is 15.1 Å². The first kappa shape index (κ1) is 11.6. The predicted molar refractivity (Wildman–Crippen MR) is 60.4 cm³/mol. The van der Waals surface area contributed by atoms with Crippen LogP contribution >= 0.6 is 0 Å². The van der Waals surface area contributed by atoms with Crippen molar-refractivity contribution >= 4 is 5.82 Å². The number of aromatic nitrogens is 2. The van der Waals surface area contributed by atoms with Crippen LogP contribution in [-0.2, 0) is 6.54 Å². The average molecular weight is 211 g/mol. The maximum absolute atomic E-state index is 11.5. The van der Waals surface area contributed by atoms with Gasteiger partial charge in [0, 0.05) is 18.2 Å². The Bertz CT molecular complexity index is 420. The van der Waals surface area contributed by atoms with Crippen molar-refractivity contribution in [1.82, 2.24) is 9.55 Å². The van der Waals surface area contributed by atoms with E-state index in [4.69, 9.17) is 0 Å². The highest BCUT2D eigenvalue weighted by atomic mass is 16.2. The molecular formula is C10H17N3O2. The molecule has 0 fully saturated rings. The molecule has 0 radical (unpaired) electrons. The second-order valence-corrected chi connectivity index (χ2v) is 4.45. The Morgan fingerprint density at radius 2 is 2.00 bits per heavy atom. The second kappa shape index (κ2) is 3.92. The number of hydrogen-bond acceptors (Lipinski definition) is 3. The lowest BCUT2D eigenvalue weighted by molar-refractivity contribution is 0.621. The van der Waals surface area contributed by atoms with Gasteiger partial charge in [0.1, 0.15) is 5.82 Å². The Morgan fingerprint density at radius 3 is 2.40 bits per heavy atom. The van der Waals surface area contributed by atoms with Crippen molar-refractivity contribution in [2.75, 3.05) is 5.32 Å². The van der Waals surface area contributed by atoms with Gasteiger partial charge in [-0.25, -0.2) is 4.79 Å². The highest BCUT2D eigenvalue weighted by Gasteiger charge is 2.11. The number of aromatic amines is 1. The lowest BCUT2D eigenvalue weighted by atomic mass is 10.1. The van der Waals surface area contributed by atoms with Crippen LogP contribution in [0.1, 0.15) is 27.7 Å². The fraction of sp³-hybridized carbons (Fsp3) is 0.600. The molecule has 0 saturated heterocycles. The van der Waals surface area contributed by atoms with E-state index in [1.54, 1.807) is 6.92 Å². The molecule has 15 heavy (non-hydrogen) atoms. The first-order valence-corrected chi connectivity index (χ1v) is 4.96. The minimum Gasteiger partial charge on any atom is -0.367 e. The van der Waals surface area contributed by atoms with Crippen LogP contribution in [0.15, 0.2) is 15.7 Å². The first-order chi connectivity index (χ1) is 6.83. The zero-order valence-electron chi connectivity index (χ0n) is 9.55. The number of H-pyrrole nitrogens is 1. The standard InChI is InChI=1S/C10H17N3O2/c1-5-13-8(14)6-7(11-9(13)15)12-10(2,3)4/h6,12H,5H2,1-4H3,(H,11,15). The van der Waals surface area contributed by atoms with Gasteiger partial charge in [0.05, 0.1) is 0 Å². The molecule has 0 spiro atoms. The van der Waals surface area contributed by atoms with E-state index in [0.717, 1.165) is 4.57 Å². The van der Waals surface area contributed by atoms with Gasteiger partial charge in [0.25, 0.3) is 5.56 Å². The SMILES string of the molecule is CCn1c(=O)cc(NC(C)(C)C)[nH]c1=O. The first-order valence-electron chi connectivity index (χ1n) is 4.96. The number of nitrogens with zero attached hydrogens (tertiary/aromatic N) is 1. The highest BCUT2D eigenvalue weighted by molar-refractivity contribution is 5.34. The summed E-state index contributed by atoms with van der Waals surface area (Å²) in [6, 6.07) is 1.40. The minimum atomic E-state index is -0.378. The summed E-state index contributed by atoms with van der Waals surface area (Å²) in [7, 11) is 0. The van der Waals surface area contributed by atoms with E-state index in [1.165, 1.54) is 6.07 Å². The molecule has 0 aromatic carbocycles. The summed E-state index contributed by atoms with van der Waals surface area (Å²) < 4.78 is 1.15. The Kier molecular flexibility index (Phi) is 3.02. The Labute approximate surface area is 88.1 Å². The molecule has 1 aromatic rings. The summed E-state index contributed by atoms with van der Waals surface area (Å²) in [4.78, 5) is 25.5. The number of rotatable bonds is 2. The van der Waals surface area contributed by atoms with Crippen LogP contribution in [0.5, 0.6) is 0 Å². The topological polar surface area (TPSA) is 66.9 Å². The average Bonchev–Trinajstić information content (AvgIpc) is 1.99. The number of anilines is 1. The minimum absolute atomic E-state index is 0.187. The zero-order valence-corrected chi connectivity index (χ0v) is 9.55. The summed E-state index contributed by atoms with van der Waals surface area (Å²) >= 11 is 0. The van der Waals surface area contributed by atoms with E-state index < -0.39 is 0 Å². The van der Waals surface area contributed by atoms with Crippen LogP contribution in [0.25, 0.3) is 0 Å². The van der Waals surface area contributed by atoms with Gasteiger partial charge in [0.2, 0.25) is 0 Å². The Balaban J connectivity index is 3.16. The lowest BCUT2D eigenvalue weighted by Gasteiger charge is -2.21. The van der Waals surface area contributed by atoms with Crippen molar-refractivity contribution in [3.63, 3.8) is 0 Å². The van der Waals surface area contributed by atoms with E-state index in [0.29, 0.717) is 12.4 Å². The van der Waals surface area contributed by atoms with Crippen LogP contribution in [0, 0.1) is 0 Å². The normalized spacial score (nSPS) is 11.5. The van der Waals surface area contributed by atoms with Gasteiger partial charge in [-0.15, -0.1) is 0 Å². The van der Waals surface area contributed by atoms with Gasteiger partial charge in [-0.2, -0.15) is 0 Å². The summed E-state index contributed by atoms with van der Waals surface area (Å²) in [5.41, 5.74) is -0.849. The van der Waals surface area contributed by atoms with Gasteiger partial charge >= 0.3 is 5.69 Å². The summed E-state index contributed by atoms with van der Waals surface area (Å²) in [6.45, 7) is 8.00. The third-order valence-corrected chi connectivity index (χ3v) is 1.85. The number of nitrogens with one attached hydrogen (secondary N) is 2. The largest absolute Gasteiger partial charge is 0.367 e. The second-order valence-electron chi connectivity index (χ2n) is 4.45. The Hall–Kier alpha value is -1.52. The molecule has 0 atom stereocenters. The van der Waals surface area contributed by atoms with Crippen LogP contribution < -0.4 is 16.6 Å². The van der Waals surface area contributed by atoms with E-state index in [9.17, 15) is 9.59 Å². The maximum Gasteiger partial charge on any atom is 0.329 e. The lowest BCUT2D eigenvalue weighted by Crippen LogP contribution is -2.36. The molecule has 1 aromatic heterocycles. The molecule has 5 heteroatoms. The van der Waals surface area contributed by atoms with Crippen molar-refractivity contribution in [3.8, 4) is 0 Å². The molecule has 1 rings (SSSR count). The summed E-state index contributed by atoms with van der Waals surface area (Å²) in [6.07, 6.45) is 0. The monoisotopic (exact) mass is 211 g/mol. The van der Waals surface area contributed by atoms with Crippen molar-refractivity contribution in [3.05, 3.63) is 26.9 Å². The van der Waals surface area contributed by atoms with E-state index in [1.807, 2.05) is 20.8 Å². The molecular weight excluding hydrogens is 194 g/mol. The molecule has 0 aliphatic carbocycles. The Morgan fingerprint density at radius 1 is 1.40 bits per heavy atom. The molecule has 0 unspecified atom stereocenters. The van der Waals surface area contributed by atoms with Gasteiger partial charge in [0.15, 0.2) is 0 Å².